The van der Waals surface area contributed by atoms with Crippen molar-refractivity contribution in [3.63, 3.8) is 0 Å². The van der Waals surface area contributed by atoms with Crippen molar-refractivity contribution in [3.05, 3.63) is 47.6 Å². The van der Waals surface area contributed by atoms with E-state index < -0.39 is 41.2 Å². The molecule has 0 aromatic rings. The highest BCUT2D eigenvalue weighted by Gasteiger charge is 2.69. The molecule has 3 nitrogen and oxygen atoms in total. The van der Waals surface area contributed by atoms with Crippen molar-refractivity contribution in [1.82, 2.24) is 0 Å². The van der Waals surface area contributed by atoms with E-state index in [-0.39, 0.29) is 36.2 Å². The number of fused-ring (bicyclic) bond motifs is 1. The largest absolute Gasteiger partial charge is 0.429 e. The molecule has 0 saturated heterocycles. The number of rotatable bonds is 9. The fraction of sp³-hybridized carbons (Fsp3) is 0.758. The Morgan fingerprint density at radius 2 is 1.60 bits per heavy atom. The number of hydrogen-bond acceptors (Lipinski definition) is 3. The van der Waals surface area contributed by atoms with Crippen LogP contribution in [0.15, 0.2) is 47.6 Å². The van der Waals surface area contributed by atoms with Crippen LogP contribution in [0.3, 0.4) is 0 Å². The molecule has 0 bridgehead atoms. The lowest BCUT2D eigenvalue weighted by Gasteiger charge is -2.49. The predicted molar refractivity (Wildman–Crippen MR) is 153 cm³/mol. The highest BCUT2D eigenvalue weighted by molar-refractivity contribution is 5.39. The molecule has 6 atom stereocenters. The van der Waals surface area contributed by atoms with Crippen molar-refractivity contribution in [2.45, 2.75) is 134 Å². The Kier molecular flexibility index (Phi) is 10.5. The molecular formula is C33H47F7O3. The predicted octanol–water partition coefficient (Wildman–Crippen LogP) is 8.85. The van der Waals surface area contributed by atoms with Crippen molar-refractivity contribution in [2.24, 2.45) is 22.7 Å². The number of hydrogen-bond donors (Lipinski definition) is 3. The summed E-state index contributed by atoms with van der Waals surface area (Å²) in [5.41, 5.74) is -4.69. The highest BCUT2D eigenvalue weighted by atomic mass is 19.4. The minimum absolute atomic E-state index is 0.0267. The van der Waals surface area contributed by atoms with Gasteiger partial charge in [0.25, 0.3) is 5.60 Å². The van der Waals surface area contributed by atoms with Crippen molar-refractivity contribution in [3.8, 4) is 0 Å². The van der Waals surface area contributed by atoms with E-state index in [2.05, 4.69) is 13.5 Å². The zero-order valence-electron chi connectivity index (χ0n) is 25.6. The first-order valence-corrected chi connectivity index (χ1v) is 15.2. The lowest BCUT2D eigenvalue weighted by molar-refractivity contribution is -0.347. The first-order valence-electron chi connectivity index (χ1n) is 15.2. The van der Waals surface area contributed by atoms with E-state index in [1.54, 1.807) is 13.8 Å². The lowest BCUT2D eigenvalue weighted by atomic mass is 9.55. The van der Waals surface area contributed by atoms with Gasteiger partial charge in [0.05, 0.1) is 11.7 Å². The summed E-state index contributed by atoms with van der Waals surface area (Å²) in [6.07, 6.45) is -3.71. The molecule has 3 aliphatic rings. The number of alkyl halides is 7. The second kappa shape index (κ2) is 12.6. The van der Waals surface area contributed by atoms with E-state index in [0.717, 1.165) is 38.2 Å². The molecule has 0 spiro atoms. The van der Waals surface area contributed by atoms with Gasteiger partial charge in [-0.2, -0.15) is 26.3 Å². The molecule has 0 aromatic heterocycles. The number of allylic oxidation sites excluding steroid dienone is 5. The smallest absolute Gasteiger partial charge is 0.393 e. The number of aliphatic hydroxyl groups is 3. The van der Waals surface area contributed by atoms with Gasteiger partial charge < -0.3 is 15.3 Å². The van der Waals surface area contributed by atoms with Gasteiger partial charge in [-0.15, -0.1) is 0 Å². The molecule has 3 rings (SSSR count). The van der Waals surface area contributed by atoms with Crippen LogP contribution in [-0.4, -0.2) is 51.1 Å². The minimum Gasteiger partial charge on any atom is -0.393 e. The van der Waals surface area contributed by atoms with Crippen LogP contribution in [0.25, 0.3) is 0 Å². The van der Waals surface area contributed by atoms with Crippen LogP contribution in [0, 0.1) is 22.7 Å². The fourth-order valence-corrected chi connectivity index (χ4v) is 8.01. The average molecular weight is 625 g/mol. The zero-order chi connectivity index (χ0) is 32.6. The van der Waals surface area contributed by atoms with Gasteiger partial charge in [-0.05, 0) is 112 Å². The second-order valence-electron chi connectivity index (χ2n) is 14.3. The van der Waals surface area contributed by atoms with Crippen LogP contribution in [0.5, 0.6) is 0 Å². The Hall–Kier alpha value is -1.65. The zero-order valence-corrected chi connectivity index (χ0v) is 25.6. The van der Waals surface area contributed by atoms with E-state index in [9.17, 15) is 46.1 Å². The van der Waals surface area contributed by atoms with Crippen LogP contribution < -0.4 is 0 Å². The summed E-state index contributed by atoms with van der Waals surface area (Å²) in [7, 11) is 0. The number of halogens is 7. The molecule has 2 unspecified atom stereocenters. The van der Waals surface area contributed by atoms with Gasteiger partial charge in [0.2, 0.25) is 0 Å². The third-order valence-electron chi connectivity index (χ3n) is 10.4. The molecule has 3 aliphatic carbocycles. The summed E-state index contributed by atoms with van der Waals surface area (Å²) in [6, 6.07) is 0. The molecule has 0 amide bonds. The fourth-order valence-electron chi connectivity index (χ4n) is 8.01. The summed E-state index contributed by atoms with van der Waals surface area (Å²) in [5.74, 6) is 0.0882. The van der Waals surface area contributed by atoms with Crippen molar-refractivity contribution < 1.29 is 46.1 Å². The summed E-state index contributed by atoms with van der Waals surface area (Å²) >= 11 is 0. The van der Waals surface area contributed by atoms with Crippen molar-refractivity contribution >= 4 is 0 Å². The molecule has 3 saturated carbocycles. The normalized spacial score (nSPS) is 32.9. The van der Waals surface area contributed by atoms with Crippen molar-refractivity contribution in [2.75, 3.05) is 0 Å². The minimum atomic E-state index is -5.93. The first kappa shape index (κ1) is 35.8. The third-order valence-corrected chi connectivity index (χ3v) is 10.4. The molecular weight excluding hydrogens is 577 g/mol. The maximum Gasteiger partial charge on any atom is 0.429 e. The van der Waals surface area contributed by atoms with Gasteiger partial charge in [0.15, 0.2) is 0 Å². The van der Waals surface area contributed by atoms with Crippen LogP contribution in [0.1, 0.15) is 98.3 Å². The molecule has 43 heavy (non-hydrogen) atoms. The topological polar surface area (TPSA) is 60.7 Å². The van der Waals surface area contributed by atoms with E-state index in [1.165, 1.54) is 5.57 Å². The molecule has 0 aromatic carbocycles. The highest BCUT2D eigenvalue weighted by Crippen LogP contribution is 2.64. The van der Waals surface area contributed by atoms with Gasteiger partial charge in [0.1, 0.15) is 6.17 Å². The van der Waals surface area contributed by atoms with Crippen LogP contribution in [0.2, 0.25) is 0 Å². The first-order chi connectivity index (χ1) is 19.5. The van der Waals surface area contributed by atoms with Gasteiger partial charge >= 0.3 is 12.4 Å². The average Bonchev–Trinajstić information content (AvgIpc) is 3.21. The molecule has 0 heterocycles. The quantitative estimate of drug-likeness (QED) is 0.177. The van der Waals surface area contributed by atoms with E-state index in [1.807, 2.05) is 19.1 Å². The third kappa shape index (κ3) is 7.78. The number of aliphatic hydroxyl groups excluding tert-OH is 1. The van der Waals surface area contributed by atoms with E-state index in [0.29, 0.717) is 36.8 Å². The van der Waals surface area contributed by atoms with E-state index >= 15 is 0 Å². The van der Waals surface area contributed by atoms with Crippen LogP contribution >= 0.6 is 0 Å². The molecule has 246 valence electrons. The Labute approximate surface area is 250 Å². The Balaban J connectivity index is 1.93. The van der Waals surface area contributed by atoms with Crippen molar-refractivity contribution in [1.29, 1.82) is 0 Å². The van der Waals surface area contributed by atoms with Gasteiger partial charge in [0, 0.05) is 6.42 Å². The van der Waals surface area contributed by atoms with Gasteiger partial charge in [-0.3, -0.25) is 0 Å². The summed E-state index contributed by atoms with van der Waals surface area (Å²) < 4.78 is 94.4. The Bertz CT molecular complexity index is 1080. The maximum absolute atomic E-state index is 14.3. The SMILES string of the molecule is C=C1/C(=C\C=C2/CCC[C@@]3(C)C2CC[C@@H]3[C@@](C)(C/C=C\C(O)(C(F)(F)F)C(F)(F)F)CCCC(C)(C)O)C[C@@H](O)CC1F. The van der Waals surface area contributed by atoms with E-state index in [4.69, 9.17) is 0 Å². The lowest BCUT2D eigenvalue weighted by Crippen LogP contribution is -2.55. The van der Waals surface area contributed by atoms with Crippen LogP contribution in [0.4, 0.5) is 30.7 Å². The summed E-state index contributed by atoms with van der Waals surface area (Å²) in [6.45, 7) is 11.2. The summed E-state index contributed by atoms with van der Waals surface area (Å²) in [5, 5.41) is 30.0. The standard InChI is InChI=1S/C33H47F7O3/c1-21-23(19-24(41)20-26(21)34)11-10-22-9-6-17-30(5)25(22)12-13-27(30)29(4,15-7-14-28(2,3)42)16-8-18-31(43,32(35,36)37)33(38,39)40/h8,10-11,18,24-27,41-43H,1,6-7,9,12-17,19-20H2,2-5H3/b18-8-,22-10+,23-11-/t24-,25?,26?,27-,29-,30+/m1/s1. The monoisotopic (exact) mass is 624 g/mol. The summed E-state index contributed by atoms with van der Waals surface area (Å²) in [4.78, 5) is 0. The van der Waals surface area contributed by atoms with Gasteiger partial charge in [-0.1, -0.05) is 50.6 Å². The Morgan fingerprint density at radius 1 is 0.977 bits per heavy atom. The van der Waals surface area contributed by atoms with Crippen LogP contribution in [-0.2, 0) is 0 Å². The van der Waals surface area contributed by atoms with Gasteiger partial charge in [-0.25, -0.2) is 4.39 Å². The molecule has 0 radical (unpaired) electrons. The second-order valence-corrected chi connectivity index (χ2v) is 14.3. The molecule has 3 N–H and O–H groups in total. The maximum atomic E-state index is 14.3. The molecule has 0 aliphatic heterocycles. The molecule has 10 heteroatoms. The Morgan fingerprint density at radius 3 is 2.19 bits per heavy atom. The molecule has 3 fully saturated rings.